The van der Waals surface area contributed by atoms with Crippen LogP contribution in [-0.4, -0.2) is 21.0 Å². The Labute approximate surface area is 122 Å². The van der Waals surface area contributed by atoms with Gasteiger partial charge in [-0.15, -0.1) is 0 Å². The van der Waals surface area contributed by atoms with Gasteiger partial charge in [-0.1, -0.05) is 20.8 Å². The molecule has 0 amide bonds. The standard InChI is InChI=1S/C13H17F2NO4S/c1-13(2,3)4-5-20-12(17)8-6-11(21(16,18)19)10(15)7-9(8)14/h6-7H,4-5H2,1-3H3,(H2,16,18,19). The molecule has 0 atom stereocenters. The van der Waals surface area contributed by atoms with Crippen molar-refractivity contribution in [3.05, 3.63) is 29.3 Å². The fourth-order valence-electron chi connectivity index (χ4n) is 1.43. The highest BCUT2D eigenvalue weighted by molar-refractivity contribution is 7.89. The zero-order valence-corrected chi connectivity index (χ0v) is 12.8. The first-order valence-electron chi connectivity index (χ1n) is 6.11. The number of hydrogen-bond acceptors (Lipinski definition) is 4. The molecule has 0 saturated heterocycles. The first kappa shape index (κ1) is 17.5. The molecule has 8 heteroatoms. The lowest BCUT2D eigenvalue weighted by Gasteiger charge is -2.17. The van der Waals surface area contributed by atoms with Crippen LogP contribution in [0.3, 0.4) is 0 Å². The third kappa shape index (κ3) is 5.05. The second-order valence-electron chi connectivity index (χ2n) is 5.75. The van der Waals surface area contributed by atoms with Gasteiger partial charge in [-0.05, 0) is 17.9 Å². The van der Waals surface area contributed by atoms with Crippen LogP contribution < -0.4 is 5.14 Å². The molecule has 0 bridgehead atoms. The largest absolute Gasteiger partial charge is 0.462 e. The highest BCUT2D eigenvalue weighted by Gasteiger charge is 2.23. The molecular weight excluding hydrogens is 304 g/mol. The summed E-state index contributed by atoms with van der Waals surface area (Å²) < 4.78 is 54.1. The lowest BCUT2D eigenvalue weighted by Crippen LogP contribution is -2.18. The number of primary sulfonamides is 1. The van der Waals surface area contributed by atoms with Crippen molar-refractivity contribution in [2.75, 3.05) is 6.61 Å². The van der Waals surface area contributed by atoms with Crippen molar-refractivity contribution in [2.24, 2.45) is 10.6 Å². The van der Waals surface area contributed by atoms with Crippen molar-refractivity contribution < 1.29 is 26.7 Å². The normalized spacial score (nSPS) is 12.3. The number of rotatable bonds is 4. The predicted octanol–water partition coefficient (Wildman–Crippen LogP) is 2.21. The average Bonchev–Trinajstić information content (AvgIpc) is 2.24. The van der Waals surface area contributed by atoms with Crippen LogP contribution in [0.4, 0.5) is 8.78 Å². The molecule has 2 N–H and O–H groups in total. The van der Waals surface area contributed by atoms with E-state index < -0.39 is 38.1 Å². The molecule has 0 aromatic heterocycles. The van der Waals surface area contributed by atoms with E-state index in [1.54, 1.807) is 0 Å². The van der Waals surface area contributed by atoms with Gasteiger partial charge in [-0.25, -0.2) is 27.1 Å². The van der Waals surface area contributed by atoms with Crippen LogP contribution in [0.1, 0.15) is 37.6 Å². The molecule has 0 aliphatic carbocycles. The maximum atomic E-state index is 13.6. The monoisotopic (exact) mass is 321 g/mol. The number of sulfonamides is 1. The molecule has 1 aromatic carbocycles. The van der Waals surface area contributed by atoms with E-state index in [0.29, 0.717) is 18.6 Å². The fraction of sp³-hybridized carbons (Fsp3) is 0.462. The van der Waals surface area contributed by atoms with Gasteiger partial charge in [0.2, 0.25) is 10.0 Å². The quantitative estimate of drug-likeness (QED) is 0.861. The highest BCUT2D eigenvalue weighted by atomic mass is 32.2. The molecule has 1 aromatic rings. The van der Waals surface area contributed by atoms with Crippen molar-refractivity contribution in [3.63, 3.8) is 0 Å². The number of halogens is 2. The van der Waals surface area contributed by atoms with E-state index in [-0.39, 0.29) is 12.0 Å². The molecular formula is C13H17F2NO4S. The van der Waals surface area contributed by atoms with Crippen LogP contribution in [0, 0.1) is 17.0 Å². The second-order valence-corrected chi connectivity index (χ2v) is 7.28. The predicted molar refractivity (Wildman–Crippen MR) is 72.1 cm³/mol. The van der Waals surface area contributed by atoms with E-state index in [2.05, 4.69) is 0 Å². The number of hydrogen-bond donors (Lipinski definition) is 1. The number of nitrogens with two attached hydrogens (primary N) is 1. The van der Waals surface area contributed by atoms with Crippen LogP contribution in [-0.2, 0) is 14.8 Å². The van der Waals surface area contributed by atoms with Crippen LogP contribution in [0.2, 0.25) is 0 Å². The summed E-state index contributed by atoms with van der Waals surface area (Å²) in [5.41, 5.74) is -0.762. The maximum absolute atomic E-state index is 13.6. The molecule has 118 valence electrons. The Kier molecular flexibility index (Phi) is 5.06. The number of carbonyl (C=O) groups is 1. The van der Waals surface area contributed by atoms with Crippen molar-refractivity contribution in [2.45, 2.75) is 32.1 Å². The van der Waals surface area contributed by atoms with Gasteiger partial charge >= 0.3 is 5.97 Å². The molecule has 21 heavy (non-hydrogen) atoms. The van der Waals surface area contributed by atoms with Crippen LogP contribution in [0.25, 0.3) is 0 Å². The van der Waals surface area contributed by atoms with Crippen LogP contribution in [0.15, 0.2) is 17.0 Å². The molecule has 0 radical (unpaired) electrons. The summed E-state index contributed by atoms with van der Waals surface area (Å²) in [5.74, 6) is -3.64. The lowest BCUT2D eigenvalue weighted by atomic mass is 9.93. The van der Waals surface area contributed by atoms with Gasteiger partial charge < -0.3 is 4.74 Å². The average molecular weight is 321 g/mol. The van der Waals surface area contributed by atoms with Gasteiger partial charge in [-0.2, -0.15) is 0 Å². The number of ether oxygens (including phenoxy) is 1. The zero-order valence-electron chi connectivity index (χ0n) is 11.9. The van der Waals surface area contributed by atoms with E-state index >= 15 is 0 Å². The molecule has 0 fully saturated rings. The Bertz CT molecular complexity index is 651. The number of benzene rings is 1. The van der Waals surface area contributed by atoms with Gasteiger partial charge in [0.1, 0.15) is 16.5 Å². The number of carbonyl (C=O) groups excluding carboxylic acids is 1. The lowest BCUT2D eigenvalue weighted by molar-refractivity contribution is 0.0459. The molecule has 0 aliphatic rings. The molecule has 0 saturated carbocycles. The number of esters is 1. The third-order valence-electron chi connectivity index (χ3n) is 2.63. The minimum Gasteiger partial charge on any atom is -0.462 e. The van der Waals surface area contributed by atoms with E-state index in [4.69, 9.17) is 9.88 Å². The Balaban J connectivity index is 3.00. The van der Waals surface area contributed by atoms with Gasteiger partial charge in [0.05, 0.1) is 12.2 Å². The highest BCUT2D eigenvalue weighted by Crippen LogP contribution is 2.21. The van der Waals surface area contributed by atoms with E-state index in [9.17, 15) is 22.0 Å². The summed E-state index contributed by atoms with van der Waals surface area (Å²) in [7, 11) is -4.40. The topological polar surface area (TPSA) is 86.5 Å². The van der Waals surface area contributed by atoms with Crippen molar-refractivity contribution >= 4 is 16.0 Å². The van der Waals surface area contributed by atoms with Gasteiger partial charge in [0.15, 0.2) is 0 Å². The summed E-state index contributed by atoms with van der Waals surface area (Å²) in [6.07, 6.45) is 0.531. The van der Waals surface area contributed by atoms with E-state index in [0.717, 1.165) is 0 Å². The Morgan fingerprint density at radius 1 is 1.24 bits per heavy atom. The van der Waals surface area contributed by atoms with E-state index in [1.165, 1.54) is 0 Å². The SMILES string of the molecule is CC(C)(C)CCOC(=O)c1cc(S(N)(=O)=O)c(F)cc1F. The van der Waals surface area contributed by atoms with Crippen LogP contribution >= 0.6 is 0 Å². The molecule has 1 rings (SSSR count). The zero-order chi connectivity index (χ0) is 16.4. The summed E-state index contributed by atoms with van der Waals surface area (Å²) >= 11 is 0. The molecule has 5 nitrogen and oxygen atoms in total. The smallest absolute Gasteiger partial charge is 0.341 e. The van der Waals surface area contributed by atoms with Crippen molar-refractivity contribution in [3.8, 4) is 0 Å². The summed E-state index contributed by atoms with van der Waals surface area (Å²) in [6, 6.07) is 0.833. The summed E-state index contributed by atoms with van der Waals surface area (Å²) in [5, 5.41) is 4.79. The summed E-state index contributed by atoms with van der Waals surface area (Å²) in [6.45, 7) is 5.82. The van der Waals surface area contributed by atoms with Crippen molar-refractivity contribution in [1.29, 1.82) is 0 Å². The minimum absolute atomic E-state index is 0.0316. The summed E-state index contributed by atoms with van der Waals surface area (Å²) in [4.78, 5) is 10.8. The molecule has 0 aliphatic heterocycles. The first-order chi connectivity index (χ1) is 9.42. The maximum Gasteiger partial charge on any atom is 0.341 e. The van der Waals surface area contributed by atoms with Gasteiger partial charge in [0.25, 0.3) is 0 Å². The Morgan fingerprint density at radius 3 is 2.29 bits per heavy atom. The van der Waals surface area contributed by atoms with Gasteiger partial charge in [0, 0.05) is 6.07 Å². The van der Waals surface area contributed by atoms with Gasteiger partial charge in [-0.3, -0.25) is 0 Å². The Morgan fingerprint density at radius 2 is 1.81 bits per heavy atom. The minimum atomic E-state index is -4.40. The Hall–Kier alpha value is -1.54. The van der Waals surface area contributed by atoms with Crippen LogP contribution in [0.5, 0.6) is 0 Å². The fourth-order valence-corrected chi connectivity index (χ4v) is 2.04. The third-order valence-corrected chi connectivity index (χ3v) is 3.56. The molecule has 0 heterocycles. The molecule has 0 unspecified atom stereocenters. The molecule has 0 spiro atoms. The second kappa shape index (κ2) is 6.07. The first-order valence-corrected chi connectivity index (χ1v) is 7.65. The van der Waals surface area contributed by atoms with E-state index in [1.807, 2.05) is 20.8 Å². The van der Waals surface area contributed by atoms with Crippen molar-refractivity contribution in [1.82, 2.24) is 0 Å².